The summed E-state index contributed by atoms with van der Waals surface area (Å²) in [5.74, 6) is -1.23. The van der Waals surface area contributed by atoms with Crippen molar-refractivity contribution in [3.05, 3.63) is 65.9 Å². The molecule has 2 amide bonds. The van der Waals surface area contributed by atoms with Gasteiger partial charge in [0.2, 0.25) is 10.0 Å². The predicted octanol–water partition coefficient (Wildman–Crippen LogP) is 4.29. The number of carboxylic acids is 1. The number of carboxylic acid groups (broad SMARTS) is 1. The number of nitrogens with one attached hydrogen (secondary N) is 3. The first-order valence-corrected chi connectivity index (χ1v) is 14.4. The molecular weight excluding hydrogens is 504 g/mol. The van der Waals surface area contributed by atoms with E-state index in [0.717, 1.165) is 26.3 Å². The number of hydrogen-bond acceptors (Lipinski definition) is 4. The number of sulfonamides is 1. The fourth-order valence-corrected chi connectivity index (χ4v) is 6.14. The lowest BCUT2D eigenvalue weighted by Gasteiger charge is -2.29. The van der Waals surface area contributed by atoms with Gasteiger partial charge in [-0.05, 0) is 62.3 Å². The van der Waals surface area contributed by atoms with Crippen LogP contribution in [0.4, 0.5) is 4.79 Å². The van der Waals surface area contributed by atoms with Gasteiger partial charge in [-0.3, -0.25) is 4.79 Å². The van der Waals surface area contributed by atoms with Crippen LogP contribution < -0.4 is 10.6 Å². The molecule has 38 heavy (non-hydrogen) atoms. The number of fused-ring (bicyclic) bond motifs is 1. The molecule has 0 aliphatic heterocycles. The number of unbranched alkanes of at least 4 members (excludes halogenated alkanes) is 1. The molecule has 10 heteroatoms. The third-order valence-corrected chi connectivity index (χ3v) is 8.24. The molecular formula is C28H38N4O5S. The third kappa shape index (κ3) is 7.82. The summed E-state index contributed by atoms with van der Waals surface area (Å²) in [6.07, 6.45) is 3.77. The minimum Gasteiger partial charge on any atom is -0.480 e. The maximum Gasteiger partial charge on any atom is 0.322 e. The molecule has 4 N–H and O–H groups in total. The average Bonchev–Trinajstić information content (AvgIpc) is 3.28. The van der Waals surface area contributed by atoms with Gasteiger partial charge in [0.05, 0.1) is 4.90 Å². The number of aromatic amines is 1. The highest BCUT2D eigenvalue weighted by atomic mass is 32.2. The van der Waals surface area contributed by atoms with Crippen LogP contribution in [0.1, 0.15) is 44.2 Å². The summed E-state index contributed by atoms with van der Waals surface area (Å²) >= 11 is 0. The van der Waals surface area contributed by atoms with Crippen LogP contribution in [-0.4, -0.2) is 60.5 Å². The van der Waals surface area contributed by atoms with E-state index in [9.17, 15) is 23.1 Å². The van der Waals surface area contributed by atoms with Gasteiger partial charge in [0.25, 0.3) is 0 Å². The zero-order valence-corrected chi connectivity index (χ0v) is 23.1. The SMILES string of the molecule is Cc1ccc(S(=O)(=O)N(CC(C)C)[C@@H](CCCCNC(=O)NCCc2c[nH]c3ccccc23)C(=O)O)cc1. The molecule has 0 aliphatic carbocycles. The summed E-state index contributed by atoms with van der Waals surface area (Å²) in [6.45, 7) is 6.52. The lowest BCUT2D eigenvalue weighted by atomic mass is 10.1. The number of para-hydroxylation sites is 1. The number of carbonyl (C=O) groups excluding carboxylic acids is 1. The Labute approximate surface area is 224 Å². The molecule has 0 aliphatic rings. The largest absolute Gasteiger partial charge is 0.480 e. The Hall–Kier alpha value is -3.37. The molecule has 206 valence electrons. The van der Waals surface area contributed by atoms with Crippen molar-refractivity contribution < 1.29 is 23.1 Å². The van der Waals surface area contributed by atoms with Crippen LogP contribution >= 0.6 is 0 Å². The Morgan fingerprint density at radius 3 is 2.37 bits per heavy atom. The van der Waals surface area contributed by atoms with E-state index >= 15 is 0 Å². The number of urea groups is 1. The van der Waals surface area contributed by atoms with Gasteiger partial charge in [0, 0.05) is 36.7 Å². The molecule has 0 radical (unpaired) electrons. The van der Waals surface area contributed by atoms with Gasteiger partial charge in [0.1, 0.15) is 6.04 Å². The highest BCUT2D eigenvalue weighted by Gasteiger charge is 2.35. The van der Waals surface area contributed by atoms with Crippen LogP contribution in [0.15, 0.2) is 59.6 Å². The summed E-state index contributed by atoms with van der Waals surface area (Å²) < 4.78 is 27.8. The van der Waals surface area contributed by atoms with Crippen LogP contribution in [0.25, 0.3) is 10.9 Å². The number of aliphatic carboxylic acids is 1. The van der Waals surface area contributed by atoms with Gasteiger partial charge in [-0.25, -0.2) is 13.2 Å². The Balaban J connectivity index is 1.48. The van der Waals surface area contributed by atoms with E-state index in [0.29, 0.717) is 32.4 Å². The smallest absolute Gasteiger partial charge is 0.322 e. The van der Waals surface area contributed by atoms with E-state index in [2.05, 4.69) is 15.6 Å². The van der Waals surface area contributed by atoms with Crippen molar-refractivity contribution in [3.63, 3.8) is 0 Å². The summed E-state index contributed by atoms with van der Waals surface area (Å²) in [6, 6.07) is 13.0. The highest BCUT2D eigenvalue weighted by Crippen LogP contribution is 2.23. The number of aryl methyl sites for hydroxylation is 1. The van der Waals surface area contributed by atoms with Crippen LogP contribution in [0.3, 0.4) is 0 Å². The number of benzene rings is 2. The minimum atomic E-state index is -3.99. The Kier molecular flexibility index (Phi) is 10.3. The maximum atomic E-state index is 13.4. The number of carbonyl (C=O) groups is 2. The number of nitrogens with zero attached hydrogens (tertiary/aromatic N) is 1. The van der Waals surface area contributed by atoms with E-state index in [1.807, 2.05) is 51.2 Å². The lowest BCUT2D eigenvalue weighted by Crippen LogP contribution is -2.46. The minimum absolute atomic E-state index is 0.0494. The van der Waals surface area contributed by atoms with Gasteiger partial charge >= 0.3 is 12.0 Å². The standard InChI is InChI=1S/C28H38N4O5S/c1-20(2)19-32(38(36,37)23-13-11-21(3)12-14-23)26(27(33)34)10-6-7-16-29-28(35)30-17-15-22-18-31-25-9-5-4-8-24(22)25/h4-5,8-9,11-14,18,20,26,31H,6-7,10,15-17,19H2,1-3H3,(H,33,34)(H2,29,30,35)/t26-/m0/s1. The van der Waals surface area contributed by atoms with Crippen molar-refractivity contribution in [2.75, 3.05) is 19.6 Å². The van der Waals surface area contributed by atoms with Gasteiger partial charge in [0.15, 0.2) is 0 Å². The van der Waals surface area contributed by atoms with Crippen molar-refractivity contribution in [3.8, 4) is 0 Å². The molecule has 0 fully saturated rings. The summed E-state index contributed by atoms with van der Waals surface area (Å²) in [5, 5.41) is 16.7. The van der Waals surface area contributed by atoms with Gasteiger partial charge < -0.3 is 20.7 Å². The zero-order valence-electron chi connectivity index (χ0n) is 22.2. The van der Waals surface area contributed by atoms with Gasteiger partial charge in [-0.2, -0.15) is 4.31 Å². The van der Waals surface area contributed by atoms with E-state index < -0.39 is 22.0 Å². The fraction of sp³-hybridized carbons (Fsp3) is 0.429. The first-order valence-electron chi connectivity index (χ1n) is 13.0. The van der Waals surface area contributed by atoms with Crippen molar-refractivity contribution in [1.29, 1.82) is 0 Å². The topological polar surface area (TPSA) is 132 Å². The van der Waals surface area contributed by atoms with Crippen molar-refractivity contribution in [2.45, 2.75) is 57.4 Å². The third-order valence-electron chi connectivity index (χ3n) is 6.35. The Morgan fingerprint density at radius 1 is 1.00 bits per heavy atom. The van der Waals surface area contributed by atoms with Crippen molar-refractivity contribution >= 4 is 32.9 Å². The van der Waals surface area contributed by atoms with Crippen molar-refractivity contribution in [2.24, 2.45) is 5.92 Å². The van der Waals surface area contributed by atoms with E-state index in [1.54, 1.807) is 12.1 Å². The molecule has 0 bridgehead atoms. The lowest BCUT2D eigenvalue weighted by molar-refractivity contribution is -0.141. The number of aromatic nitrogens is 1. The molecule has 0 saturated heterocycles. The van der Waals surface area contributed by atoms with Crippen LogP contribution in [-0.2, 0) is 21.2 Å². The summed E-state index contributed by atoms with van der Waals surface area (Å²) in [5.41, 5.74) is 3.11. The quantitative estimate of drug-likeness (QED) is 0.226. The van der Waals surface area contributed by atoms with E-state index in [4.69, 9.17) is 0 Å². The Bertz CT molecular complexity index is 1320. The summed E-state index contributed by atoms with van der Waals surface area (Å²) in [4.78, 5) is 27.6. The van der Waals surface area contributed by atoms with Gasteiger partial charge in [-0.1, -0.05) is 49.7 Å². The monoisotopic (exact) mass is 542 g/mol. The average molecular weight is 543 g/mol. The second kappa shape index (κ2) is 13.4. The normalized spacial score (nSPS) is 12.7. The van der Waals surface area contributed by atoms with Crippen LogP contribution in [0, 0.1) is 12.8 Å². The zero-order chi connectivity index (χ0) is 27.7. The molecule has 2 aromatic carbocycles. The second-order valence-electron chi connectivity index (χ2n) is 9.92. The molecule has 1 aromatic heterocycles. The molecule has 0 saturated carbocycles. The second-order valence-corrected chi connectivity index (χ2v) is 11.8. The molecule has 0 unspecified atom stereocenters. The van der Waals surface area contributed by atoms with E-state index in [-0.39, 0.29) is 29.8 Å². The number of amides is 2. The first-order chi connectivity index (χ1) is 18.1. The highest BCUT2D eigenvalue weighted by molar-refractivity contribution is 7.89. The molecule has 3 rings (SSSR count). The predicted molar refractivity (Wildman–Crippen MR) is 149 cm³/mol. The van der Waals surface area contributed by atoms with Crippen molar-refractivity contribution in [1.82, 2.24) is 19.9 Å². The Morgan fingerprint density at radius 2 is 1.68 bits per heavy atom. The number of rotatable bonds is 14. The summed E-state index contributed by atoms with van der Waals surface area (Å²) in [7, 11) is -3.99. The van der Waals surface area contributed by atoms with Crippen LogP contribution in [0.5, 0.6) is 0 Å². The first kappa shape index (κ1) is 29.2. The molecule has 3 aromatic rings. The fourth-order valence-electron chi connectivity index (χ4n) is 4.37. The van der Waals surface area contributed by atoms with Gasteiger partial charge in [-0.15, -0.1) is 0 Å². The molecule has 1 atom stereocenters. The van der Waals surface area contributed by atoms with Crippen LogP contribution in [0.2, 0.25) is 0 Å². The molecule has 9 nitrogen and oxygen atoms in total. The maximum absolute atomic E-state index is 13.4. The van der Waals surface area contributed by atoms with E-state index in [1.165, 1.54) is 12.1 Å². The number of hydrogen-bond donors (Lipinski definition) is 4. The molecule has 1 heterocycles. The number of H-pyrrole nitrogens is 1. The molecule has 0 spiro atoms.